The Kier molecular flexibility index (Phi) is 6.83. The van der Waals surface area contributed by atoms with Crippen LogP contribution in [0.1, 0.15) is 19.4 Å². The van der Waals surface area contributed by atoms with Crippen LogP contribution in [0.3, 0.4) is 0 Å². The molecule has 1 aromatic rings. The van der Waals surface area contributed by atoms with Crippen molar-refractivity contribution in [3.8, 4) is 0 Å². The molecule has 1 N–H and O–H groups in total. The van der Waals surface area contributed by atoms with E-state index in [1.807, 2.05) is 44.2 Å². The Bertz CT molecular complexity index is 356. The van der Waals surface area contributed by atoms with Crippen LogP contribution in [0.4, 0.5) is 0 Å². The normalized spacial score (nSPS) is 13.9. The second kappa shape index (κ2) is 8.16. The topological polar surface area (TPSA) is 38.3 Å². The number of hydrogen-bond acceptors (Lipinski definition) is 3. The Labute approximate surface area is 114 Å². The second-order valence-corrected chi connectivity index (χ2v) is 4.84. The van der Waals surface area contributed by atoms with Gasteiger partial charge in [0, 0.05) is 13.2 Å². The molecule has 0 aliphatic rings. The number of rotatable bonds is 7. The van der Waals surface area contributed by atoms with Gasteiger partial charge in [-0.2, -0.15) is 12.6 Å². The van der Waals surface area contributed by atoms with Gasteiger partial charge in [-0.3, -0.25) is 4.79 Å². The fourth-order valence-corrected chi connectivity index (χ4v) is 1.94. The molecule has 0 spiro atoms. The summed E-state index contributed by atoms with van der Waals surface area (Å²) < 4.78 is 5.35. The summed E-state index contributed by atoms with van der Waals surface area (Å²) in [6, 6.07) is 9.88. The van der Waals surface area contributed by atoms with E-state index in [4.69, 9.17) is 4.74 Å². The monoisotopic (exact) mass is 267 g/mol. The molecular weight excluding hydrogens is 246 g/mol. The molecule has 2 atom stereocenters. The number of carbonyl (C=O) groups excluding carboxylic acids is 1. The van der Waals surface area contributed by atoms with E-state index in [-0.39, 0.29) is 17.3 Å². The van der Waals surface area contributed by atoms with Crippen molar-refractivity contribution in [2.45, 2.75) is 31.6 Å². The fourth-order valence-electron chi connectivity index (χ4n) is 1.64. The van der Waals surface area contributed by atoms with Gasteiger partial charge in [-0.1, -0.05) is 30.3 Å². The lowest BCUT2D eigenvalue weighted by Crippen LogP contribution is -2.37. The summed E-state index contributed by atoms with van der Waals surface area (Å²) in [4.78, 5) is 11.8. The first-order valence-electron chi connectivity index (χ1n) is 6.24. The highest BCUT2D eigenvalue weighted by atomic mass is 32.1. The third kappa shape index (κ3) is 5.56. The van der Waals surface area contributed by atoms with E-state index in [1.54, 1.807) is 0 Å². The fraction of sp³-hybridized carbons (Fsp3) is 0.500. The number of amides is 1. The zero-order valence-electron chi connectivity index (χ0n) is 10.9. The van der Waals surface area contributed by atoms with Crippen molar-refractivity contribution in [2.24, 2.45) is 0 Å². The zero-order valence-corrected chi connectivity index (χ0v) is 11.8. The minimum absolute atomic E-state index is 0.0382. The van der Waals surface area contributed by atoms with Crippen LogP contribution in [0, 0.1) is 0 Å². The van der Waals surface area contributed by atoms with Gasteiger partial charge < -0.3 is 10.1 Å². The van der Waals surface area contributed by atoms with Crippen molar-refractivity contribution in [1.82, 2.24) is 5.32 Å². The van der Waals surface area contributed by atoms with Gasteiger partial charge in [-0.05, 0) is 25.8 Å². The maximum atomic E-state index is 11.8. The molecule has 0 aromatic heterocycles. The Morgan fingerprint density at radius 3 is 2.67 bits per heavy atom. The van der Waals surface area contributed by atoms with E-state index in [2.05, 4.69) is 17.9 Å². The van der Waals surface area contributed by atoms with Crippen molar-refractivity contribution in [3.05, 3.63) is 35.9 Å². The third-order valence-electron chi connectivity index (χ3n) is 2.59. The SMILES string of the molecule is CCOC(C)CNC(=O)C(S)Cc1ccccc1. The molecule has 100 valence electrons. The summed E-state index contributed by atoms with van der Waals surface area (Å²) in [6.45, 7) is 5.06. The van der Waals surface area contributed by atoms with E-state index in [0.717, 1.165) is 5.56 Å². The minimum Gasteiger partial charge on any atom is -0.377 e. The maximum Gasteiger partial charge on any atom is 0.233 e. The molecule has 18 heavy (non-hydrogen) atoms. The van der Waals surface area contributed by atoms with Crippen molar-refractivity contribution in [3.63, 3.8) is 0 Å². The number of hydrogen-bond donors (Lipinski definition) is 2. The smallest absolute Gasteiger partial charge is 0.233 e. The first-order valence-corrected chi connectivity index (χ1v) is 6.76. The Balaban J connectivity index is 2.33. The van der Waals surface area contributed by atoms with Gasteiger partial charge in [0.1, 0.15) is 0 Å². The third-order valence-corrected chi connectivity index (χ3v) is 3.01. The van der Waals surface area contributed by atoms with E-state index in [9.17, 15) is 4.79 Å². The van der Waals surface area contributed by atoms with Gasteiger partial charge in [-0.15, -0.1) is 0 Å². The first kappa shape index (κ1) is 15.1. The lowest BCUT2D eigenvalue weighted by atomic mass is 10.1. The van der Waals surface area contributed by atoms with Gasteiger partial charge in [-0.25, -0.2) is 0 Å². The predicted molar refractivity (Wildman–Crippen MR) is 77.0 cm³/mol. The number of thiol groups is 1. The van der Waals surface area contributed by atoms with E-state index in [0.29, 0.717) is 19.6 Å². The molecule has 2 unspecified atom stereocenters. The van der Waals surface area contributed by atoms with Crippen molar-refractivity contribution >= 4 is 18.5 Å². The highest BCUT2D eigenvalue weighted by Crippen LogP contribution is 2.07. The lowest BCUT2D eigenvalue weighted by molar-refractivity contribution is -0.121. The van der Waals surface area contributed by atoms with Crippen LogP contribution in [0.15, 0.2) is 30.3 Å². The van der Waals surface area contributed by atoms with Gasteiger partial charge >= 0.3 is 0 Å². The van der Waals surface area contributed by atoms with E-state index in [1.165, 1.54) is 0 Å². The lowest BCUT2D eigenvalue weighted by Gasteiger charge is -2.15. The average molecular weight is 267 g/mol. The highest BCUT2D eigenvalue weighted by Gasteiger charge is 2.14. The van der Waals surface area contributed by atoms with Crippen molar-refractivity contribution in [1.29, 1.82) is 0 Å². The molecular formula is C14H21NO2S. The average Bonchev–Trinajstić information content (AvgIpc) is 2.37. The number of ether oxygens (including phenoxy) is 1. The largest absolute Gasteiger partial charge is 0.377 e. The Hall–Kier alpha value is -1.00. The molecule has 0 bridgehead atoms. The molecule has 0 radical (unpaired) electrons. The molecule has 1 amide bonds. The van der Waals surface area contributed by atoms with Crippen LogP contribution in [-0.4, -0.2) is 30.4 Å². The summed E-state index contributed by atoms with van der Waals surface area (Å²) in [7, 11) is 0. The quantitative estimate of drug-likeness (QED) is 0.742. The van der Waals surface area contributed by atoms with E-state index >= 15 is 0 Å². The van der Waals surface area contributed by atoms with Crippen LogP contribution in [-0.2, 0) is 16.0 Å². The van der Waals surface area contributed by atoms with Crippen LogP contribution in [0.2, 0.25) is 0 Å². The number of nitrogens with one attached hydrogen (secondary N) is 1. The van der Waals surface area contributed by atoms with Crippen LogP contribution >= 0.6 is 12.6 Å². The standard InChI is InChI=1S/C14H21NO2S/c1-3-17-11(2)10-15-14(16)13(18)9-12-7-5-4-6-8-12/h4-8,11,13,18H,3,9-10H2,1-2H3,(H,15,16). The molecule has 3 nitrogen and oxygen atoms in total. The molecule has 0 aliphatic carbocycles. The van der Waals surface area contributed by atoms with Gasteiger partial charge in [0.25, 0.3) is 0 Å². The zero-order chi connectivity index (χ0) is 13.4. The van der Waals surface area contributed by atoms with Crippen molar-refractivity contribution in [2.75, 3.05) is 13.2 Å². The second-order valence-electron chi connectivity index (χ2n) is 4.22. The number of benzene rings is 1. The molecule has 1 rings (SSSR count). The summed E-state index contributed by atoms with van der Waals surface area (Å²) in [5, 5.41) is 2.53. The van der Waals surface area contributed by atoms with Crippen LogP contribution < -0.4 is 5.32 Å². The summed E-state index contributed by atoms with van der Waals surface area (Å²) in [5.74, 6) is -0.0475. The van der Waals surface area contributed by atoms with Crippen LogP contribution in [0.5, 0.6) is 0 Å². The van der Waals surface area contributed by atoms with Crippen LogP contribution in [0.25, 0.3) is 0 Å². The summed E-state index contributed by atoms with van der Waals surface area (Å²) in [6.07, 6.45) is 0.676. The maximum absolute atomic E-state index is 11.8. The predicted octanol–water partition coefficient (Wildman–Crippen LogP) is 2.07. The summed E-state index contributed by atoms with van der Waals surface area (Å²) >= 11 is 4.34. The molecule has 0 saturated heterocycles. The molecule has 0 heterocycles. The van der Waals surface area contributed by atoms with E-state index < -0.39 is 0 Å². The van der Waals surface area contributed by atoms with Gasteiger partial charge in [0.05, 0.1) is 11.4 Å². The highest BCUT2D eigenvalue weighted by molar-refractivity contribution is 7.81. The Morgan fingerprint density at radius 1 is 1.39 bits per heavy atom. The first-order chi connectivity index (χ1) is 8.63. The Morgan fingerprint density at radius 2 is 2.06 bits per heavy atom. The van der Waals surface area contributed by atoms with Crippen molar-refractivity contribution < 1.29 is 9.53 Å². The molecule has 0 fully saturated rings. The molecule has 4 heteroatoms. The molecule has 0 aliphatic heterocycles. The molecule has 0 saturated carbocycles. The van der Waals surface area contributed by atoms with Gasteiger partial charge in [0.15, 0.2) is 0 Å². The number of carbonyl (C=O) groups is 1. The summed E-state index contributed by atoms with van der Waals surface area (Å²) in [5.41, 5.74) is 1.12. The molecule has 1 aromatic carbocycles. The minimum atomic E-state index is -0.318. The van der Waals surface area contributed by atoms with Gasteiger partial charge in [0.2, 0.25) is 5.91 Å².